The topological polar surface area (TPSA) is 106 Å². The number of aliphatic hydroxyl groups excluding tert-OH is 2. The summed E-state index contributed by atoms with van der Waals surface area (Å²) in [7, 11) is 0. The number of carbonyl (C=O) groups is 2. The van der Waals surface area contributed by atoms with E-state index in [9.17, 15) is 19.8 Å². The van der Waals surface area contributed by atoms with E-state index in [1.807, 2.05) is 32.2 Å². The third kappa shape index (κ3) is 6.84. The standard InChI is InChI=1S/C27H38ClNO6S/c1-5-20-25(32)17(3)34-12-9-16(2)7-8-22(21(28)13-19-15-36-18(4)29-19)35-24(31)14-23(30)27(26(20)33)10-6-11-27/h7,13,15,17,20,22-23,25,30,32H,5-6,8-12,14H2,1-4H3/b16-7-,21-13-/t17-,20-,22+,23+,25-/m1/s1. The van der Waals surface area contributed by atoms with E-state index in [1.165, 1.54) is 11.3 Å². The number of Topliss-reactive ketones (excluding diaryl/α,β-unsaturated/α-hetero) is 1. The number of rotatable bonds is 3. The first-order valence-corrected chi connectivity index (χ1v) is 14.0. The van der Waals surface area contributed by atoms with Gasteiger partial charge in [-0.3, -0.25) is 9.59 Å². The van der Waals surface area contributed by atoms with Crippen molar-refractivity contribution in [1.82, 2.24) is 4.98 Å². The van der Waals surface area contributed by atoms with Crippen LogP contribution < -0.4 is 0 Å². The van der Waals surface area contributed by atoms with E-state index in [4.69, 9.17) is 21.1 Å². The monoisotopic (exact) mass is 539 g/mol. The maximum absolute atomic E-state index is 13.6. The van der Waals surface area contributed by atoms with Crippen molar-refractivity contribution in [2.45, 2.75) is 97.1 Å². The van der Waals surface area contributed by atoms with E-state index in [0.29, 0.717) is 49.4 Å². The van der Waals surface area contributed by atoms with Crippen molar-refractivity contribution in [3.05, 3.63) is 32.8 Å². The van der Waals surface area contributed by atoms with Crippen molar-refractivity contribution in [3.63, 3.8) is 0 Å². The van der Waals surface area contributed by atoms with Crippen LogP contribution in [-0.2, 0) is 19.1 Å². The molecule has 3 rings (SSSR count). The second-order valence-corrected chi connectivity index (χ2v) is 11.5. The smallest absolute Gasteiger partial charge is 0.309 e. The average molecular weight is 540 g/mol. The number of aryl methyl sites for hydroxylation is 1. The predicted molar refractivity (Wildman–Crippen MR) is 141 cm³/mol. The van der Waals surface area contributed by atoms with Crippen LogP contribution in [0.25, 0.3) is 6.08 Å². The molecule has 1 aliphatic carbocycles. The predicted octanol–water partition coefficient (Wildman–Crippen LogP) is 4.97. The third-order valence-corrected chi connectivity index (χ3v) is 8.61. The summed E-state index contributed by atoms with van der Waals surface area (Å²) in [5.41, 5.74) is 0.661. The van der Waals surface area contributed by atoms with Crippen LogP contribution in [0.5, 0.6) is 0 Å². The highest BCUT2D eigenvalue weighted by atomic mass is 35.5. The lowest BCUT2D eigenvalue weighted by Crippen LogP contribution is -2.54. The minimum atomic E-state index is -1.20. The molecule has 0 radical (unpaired) electrons. The molecule has 7 nitrogen and oxygen atoms in total. The number of nitrogens with zero attached hydrogens (tertiary/aromatic N) is 1. The Balaban J connectivity index is 1.89. The van der Waals surface area contributed by atoms with Crippen LogP contribution in [0, 0.1) is 18.3 Å². The Labute approximate surface area is 222 Å². The SMILES string of the molecule is CC[C@H]1C(=O)C2(CCC2)[C@@H](O)CC(=O)O[C@H](/C(Cl)=C/c2csc(C)n2)C/C=C(/C)CCO[C@H](C)[C@H]1O. The van der Waals surface area contributed by atoms with E-state index >= 15 is 0 Å². The number of cyclic esters (lactones) is 1. The maximum Gasteiger partial charge on any atom is 0.309 e. The summed E-state index contributed by atoms with van der Waals surface area (Å²) in [4.78, 5) is 31.0. The summed E-state index contributed by atoms with van der Waals surface area (Å²) in [6.07, 6.45) is 3.01. The lowest BCUT2D eigenvalue weighted by atomic mass is 9.58. The lowest BCUT2D eigenvalue weighted by Gasteiger charge is -2.46. The number of aliphatic hydroxyl groups is 2. The molecule has 0 amide bonds. The van der Waals surface area contributed by atoms with Crippen LogP contribution in [0.4, 0.5) is 0 Å². The minimum absolute atomic E-state index is 0.198. The number of carbonyl (C=O) groups excluding carboxylic acids is 2. The second-order valence-electron chi connectivity index (χ2n) is 10.0. The fourth-order valence-corrected chi connectivity index (χ4v) is 5.77. The average Bonchev–Trinajstić information content (AvgIpc) is 3.19. The van der Waals surface area contributed by atoms with Crippen LogP contribution >= 0.6 is 22.9 Å². The molecular weight excluding hydrogens is 502 g/mol. The van der Waals surface area contributed by atoms with Crippen molar-refractivity contribution < 1.29 is 29.3 Å². The molecule has 0 saturated heterocycles. The highest BCUT2D eigenvalue weighted by molar-refractivity contribution is 7.09. The minimum Gasteiger partial charge on any atom is -0.456 e. The van der Waals surface area contributed by atoms with Gasteiger partial charge in [0.25, 0.3) is 0 Å². The molecule has 1 aliphatic heterocycles. The maximum atomic E-state index is 13.6. The van der Waals surface area contributed by atoms with E-state index in [0.717, 1.165) is 17.0 Å². The van der Waals surface area contributed by atoms with Gasteiger partial charge in [-0.05, 0) is 52.5 Å². The Morgan fingerprint density at radius 1 is 1.31 bits per heavy atom. The van der Waals surface area contributed by atoms with Gasteiger partial charge in [0.05, 0.1) is 52.5 Å². The first-order valence-electron chi connectivity index (χ1n) is 12.7. The van der Waals surface area contributed by atoms with Gasteiger partial charge in [0.1, 0.15) is 11.9 Å². The molecule has 0 aromatic carbocycles. The second kappa shape index (κ2) is 12.8. The largest absolute Gasteiger partial charge is 0.456 e. The van der Waals surface area contributed by atoms with Crippen LogP contribution in [0.2, 0.25) is 0 Å². The fourth-order valence-electron chi connectivity index (χ4n) is 4.95. The molecule has 5 atom stereocenters. The van der Waals surface area contributed by atoms with Crippen molar-refractivity contribution in [3.8, 4) is 0 Å². The number of ketones is 1. The van der Waals surface area contributed by atoms with Crippen molar-refractivity contribution >= 4 is 40.8 Å². The normalized spacial score (nSPS) is 32.5. The van der Waals surface area contributed by atoms with Crippen LogP contribution in [-0.4, -0.2) is 58.0 Å². The summed E-state index contributed by atoms with van der Waals surface area (Å²) in [5, 5.41) is 25.1. The van der Waals surface area contributed by atoms with E-state index in [1.54, 1.807) is 13.0 Å². The summed E-state index contributed by atoms with van der Waals surface area (Å²) in [6.45, 7) is 7.85. The highest BCUT2D eigenvalue weighted by Crippen LogP contribution is 2.48. The molecule has 0 bridgehead atoms. The van der Waals surface area contributed by atoms with Gasteiger partial charge in [0, 0.05) is 17.7 Å². The van der Waals surface area contributed by atoms with Crippen molar-refractivity contribution in [2.24, 2.45) is 11.3 Å². The highest BCUT2D eigenvalue weighted by Gasteiger charge is 2.53. The summed E-state index contributed by atoms with van der Waals surface area (Å²) in [6, 6.07) is 0. The van der Waals surface area contributed by atoms with Gasteiger partial charge in [0.15, 0.2) is 0 Å². The number of hydrogen-bond acceptors (Lipinski definition) is 8. The Bertz CT molecular complexity index is 985. The van der Waals surface area contributed by atoms with Crippen LogP contribution in [0.3, 0.4) is 0 Å². The molecule has 1 spiro atoms. The summed E-state index contributed by atoms with van der Waals surface area (Å²) >= 11 is 8.09. The number of aromatic nitrogens is 1. The molecule has 2 aliphatic rings. The first kappa shape index (κ1) is 29.0. The molecule has 36 heavy (non-hydrogen) atoms. The van der Waals surface area contributed by atoms with Crippen LogP contribution in [0.15, 0.2) is 22.1 Å². The molecule has 0 unspecified atom stereocenters. The molecule has 2 heterocycles. The Morgan fingerprint density at radius 2 is 2.03 bits per heavy atom. The van der Waals surface area contributed by atoms with Gasteiger partial charge in [-0.2, -0.15) is 0 Å². The van der Waals surface area contributed by atoms with Gasteiger partial charge in [-0.15, -0.1) is 11.3 Å². The zero-order valence-corrected chi connectivity index (χ0v) is 23.1. The zero-order chi connectivity index (χ0) is 26.5. The molecule has 1 saturated carbocycles. The zero-order valence-electron chi connectivity index (χ0n) is 21.5. The number of ether oxygens (including phenoxy) is 2. The van der Waals surface area contributed by atoms with Gasteiger partial charge < -0.3 is 19.7 Å². The van der Waals surface area contributed by atoms with E-state index < -0.39 is 41.7 Å². The quantitative estimate of drug-likeness (QED) is 0.413. The van der Waals surface area contributed by atoms with Gasteiger partial charge in [-0.25, -0.2) is 4.98 Å². The number of halogens is 1. The molecular formula is C27H38ClNO6S. The van der Waals surface area contributed by atoms with Gasteiger partial charge in [-0.1, -0.05) is 36.6 Å². The molecule has 1 fully saturated rings. The Kier molecular flexibility index (Phi) is 10.3. The van der Waals surface area contributed by atoms with Crippen molar-refractivity contribution in [2.75, 3.05) is 6.61 Å². The third-order valence-electron chi connectivity index (χ3n) is 7.47. The van der Waals surface area contributed by atoms with E-state index in [-0.39, 0.29) is 12.2 Å². The van der Waals surface area contributed by atoms with Gasteiger partial charge >= 0.3 is 5.97 Å². The Morgan fingerprint density at radius 3 is 2.61 bits per heavy atom. The van der Waals surface area contributed by atoms with Crippen molar-refractivity contribution in [1.29, 1.82) is 0 Å². The number of hydrogen-bond donors (Lipinski definition) is 2. The van der Waals surface area contributed by atoms with E-state index in [2.05, 4.69) is 4.98 Å². The molecule has 9 heteroatoms. The summed E-state index contributed by atoms with van der Waals surface area (Å²) in [5.74, 6) is -1.49. The molecule has 1 aromatic heterocycles. The lowest BCUT2D eigenvalue weighted by molar-refractivity contribution is -0.163. The number of thiazole rings is 1. The summed E-state index contributed by atoms with van der Waals surface area (Å²) < 4.78 is 11.6. The first-order chi connectivity index (χ1) is 17.1. The molecule has 200 valence electrons. The van der Waals surface area contributed by atoms with Gasteiger partial charge in [0.2, 0.25) is 0 Å². The molecule has 1 aromatic rings. The number of esters is 1. The molecule has 2 N–H and O–H groups in total. The van der Waals surface area contributed by atoms with Crippen LogP contribution in [0.1, 0.15) is 76.4 Å². The Hall–Kier alpha value is -1.58. The fraction of sp³-hybridized carbons (Fsp3) is 0.667.